The zero-order valence-corrected chi connectivity index (χ0v) is 23.7. The quantitative estimate of drug-likeness (QED) is 0.331. The molecule has 1 N–H and O–H groups in total. The summed E-state index contributed by atoms with van der Waals surface area (Å²) in [5, 5.41) is 5.88. The third-order valence-corrected chi connectivity index (χ3v) is 9.47. The number of thioether (sulfide) groups is 1. The van der Waals surface area contributed by atoms with Crippen LogP contribution in [0.4, 0.5) is 0 Å². The number of benzene rings is 1. The van der Waals surface area contributed by atoms with Crippen molar-refractivity contribution in [2.24, 2.45) is 14.1 Å². The molecule has 1 amide bonds. The molecule has 5 aromatic rings. The van der Waals surface area contributed by atoms with Crippen LogP contribution in [-0.2, 0) is 20.6 Å². The van der Waals surface area contributed by atoms with E-state index in [1.165, 1.54) is 23.0 Å². The summed E-state index contributed by atoms with van der Waals surface area (Å²) in [7, 11) is 3.16. The van der Waals surface area contributed by atoms with Crippen molar-refractivity contribution in [2.75, 3.05) is 6.54 Å². The average molecular weight is 582 g/mol. The molecule has 200 valence electrons. The number of hydrogen-bond donors (Lipinski definition) is 1. The van der Waals surface area contributed by atoms with E-state index in [1.807, 2.05) is 30.5 Å². The SMILES string of the molecule is Cc1csc(-c2c3c(=O)n(C)c(=O)n(C)c3c3n2CC(CNC(=O)c2ccccc2)SC3c2ccc(Cl)o2)n1. The number of furan rings is 1. The van der Waals surface area contributed by atoms with E-state index in [9.17, 15) is 14.4 Å². The maximum absolute atomic E-state index is 13.6. The maximum atomic E-state index is 13.6. The molecule has 0 saturated carbocycles. The first kappa shape index (κ1) is 25.7. The highest BCUT2D eigenvalue weighted by Crippen LogP contribution is 2.49. The molecule has 39 heavy (non-hydrogen) atoms. The lowest BCUT2D eigenvalue weighted by molar-refractivity contribution is 0.0953. The van der Waals surface area contributed by atoms with E-state index >= 15 is 0 Å². The molecule has 0 saturated heterocycles. The van der Waals surface area contributed by atoms with Gasteiger partial charge in [-0.15, -0.1) is 23.1 Å². The number of aromatic nitrogens is 4. The molecule has 4 aromatic heterocycles. The smallest absolute Gasteiger partial charge is 0.331 e. The van der Waals surface area contributed by atoms with Crippen LogP contribution >= 0.6 is 34.7 Å². The highest BCUT2D eigenvalue weighted by Gasteiger charge is 2.38. The largest absolute Gasteiger partial charge is 0.448 e. The summed E-state index contributed by atoms with van der Waals surface area (Å²) in [6, 6.07) is 12.5. The van der Waals surface area contributed by atoms with E-state index < -0.39 is 5.69 Å². The molecule has 6 rings (SSSR count). The van der Waals surface area contributed by atoms with Gasteiger partial charge in [-0.3, -0.25) is 18.7 Å². The molecule has 0 fully saturated rings. The molecule has 0 bridgehead atoms. The van der Waals surface area contributed by atoms with Crippen molar-refractivity contribution in [1.82, 2.24) is 24.0 Å². The normalized spacial score (nSPS) is 16.9. The molecule has 5 heterocycles. The van der Waals surface area contributed by atoms with Crippen LogP contribution in [0.5, 0.6) is 0 Å². The fourth-order valence-electron chi connectivity index (χ4n) is 5.07. The lowest BCUT2D eigenvalue weighted by Crippen LogP contribution is -2.37. The predicted octanol–water partition coefficient (Wildman–Crippen LogP) is 4.35. The van der Waals surface area contributed by atoms with Crippen LogP contribution in [0.25, 0.3) is 21.6 Å². The van der Waals surface area contributed by atoms with Gasteiger partial charge < -0.3 is 14.3 Å². The Labute approximate surface area is 236 Å². The summed E-state index contributed by atoms with van der Waals surface area (Å²) in [6.45, 7) is 2.77. The third-order valence-electron chi connectivity index (χ3n) is 6.87. The van der Waals surface area contributed by atoms with Crippen molar-refractivity contribution >= 4 is 51.5 Å². The molecule has 1 aromatic carbocycles. The van der Waals surface area contributed by atoms with Gasteiger partial charge in [-0.05, 0) is 42.8 Å². The first-order valence-electron chi connectivity index (χ1n) is 12.2. The summed E-state index contributed by atoms with van der Waals surface area (Å²) in [5.41, 5.74) is 2.60. The van der Waals surface area contributed by atoms with Crippen LogP contribution in [0.2, 0.25) is 5.22 Å². The molecule has 0 radical (unpaired) electrons. The van der Waals surface area contributed by atoms with Gasteiger partial charge in [-0.1, -0.05) is 18.2 Å². The van der Waals surface area contributed by atoms with Gasteiger partial charge in [0.05, 0.1) is 22.3 Å². The second kappa shape index (κ2) is 9.89. The lowest BCUT2D eigenvalue weighted by atomic mass is 10.2. The summed E-state index contributed by atoms with van der Waals surface area (Å²) in [4.78, 5) is 44.2. The van der Waals surface area contributed by atoms with Crippen LogP contribution in [0.3, 0.4) is 0 Å². The topological polar surface area (TPSA) is 104 Å². The molecule has 9 nitrogen and oxygen atoms in total. The van der Waals surface area contributed by atoms with Crippen molar-refractivity contribution in [3.8, 4) is 10.7 Å². The second-order valence-electron chi connectivity index (χ2n) is 9.42. The molecule has 1 aliphatic rings. The number of rotatable bonds is 5. The third kappa shape index (κ3) is 4.34. The summed E-state index contributed by atoms with van der Waals surface area (Å²) < 4.78 is 10.6. The number of nitrogens with one attached hydrogen (secondary N) is 1. The first-order chi connectivity index (χ1) is 18.7. The van der Waals surface area contributed by atoms with Gasteiger partial charge in [0.2, 0.25) is 0 Å². The maximum Gasteiger partial charge on any atom is 0.331 e. The molecule has 2 atom stereocenters. The zero-order chi connectivity index (χ0) is 27.4. The van der Waals surface area contributed by atoms with E-state index in [0.29, 0.717) is 46.0 Å². The fourth-order valence-corrected chi connectivity index (χ4v) is 7.50. The number of nitrogens with zero attached hydrogens (tertiary/aromatic N) is 4. The van der Waals surface area contributed by atoms with Gasteiger partial charge in [-0.25, -0.2) is 9.78 Å². The minimum absolute atomic E-state index is 0.0819. The Morgan fingerprint density at radius 3 is 2.59 bits per heavy atom. The van der Waals surface area contributed by atoms with Crippen molar-refractivity contribution in [3.63, 3.8) is 0 Å². The molecule has 1 aliphatic heterocycles. The van der Waals surface area contributed by atoms with E-state index in [2.05, 4.69) is 9.88 Å². The van der Waals surface area contributed by atoms with Crippen molar-refractivity contribution in [3.05, 3.63) is 96.6 Å². The van der Waals surface area contributed by atoms with Gasteiger partial charge >= 0.3 is 5.69 Å². The lowest BCUT2D eigenvalue weighted by Gasteiger charge is -2.31. The van der Waals surface area contributed by atoms with E-state index in [0.717, 1.165) is 16.0 Å². The van der Waals surface area contributed by atoms with Gasteiger partial charge in [-0.2, -0.15) is 0 Å². The standard InChI is InChI=1S/C27H24ClN5O4S2/c1-14-13-38-25(30-14)21-19-20(31(2)27(36)32(3)26(19)35)22-23(17-9-10-18(28)37-17)39-16(12-33(21)22)11-29-24(34)15-7-5-4-6-8-15/h4-10,13,16,23H,11-12H2,1-3H3,(H,29,34). The average Bonchev–Trinajstić information content (AvgIpc) is 3.66. The summed E-state index contributed by atoms with van der Waals surface area (Å²) in [5.74, 6) is 0.434. The first-order valence-corrected chi connectivity index (χ1v) is 14.4. The molecule has 0 aliphatic carbocycles. The molecule has 12 heteroatoms. The molecule has 0 spiro atoms. The van der Waals surface area contributed by atoms with Gasteiger partial charge in [0, 0.05) is 49.1 Å². The van der Waals surface area contributed by atoms with Crippen molar-refractivity contribution in [2.45, 2.75) is 24.0 Å². The minimum atomic E-state index is -0.416. The Bertz CT molecular complexity index is 1850. The van der Waals surface area contributed by atoms with E-state index in [4.69, 9.17) is 21.0 Å². The van der Waals surface area contributed by atoms with E-state index in [-0.39, 0.29) is 27.2 Å². The van der Waals surface area contributed by atoms with Crippen LogP contribution < -0.4 is 16.6 Å². The van der Waals surface area contributed by atoms with Crippen molar-refractivity contribution < 1.29 is 9.21 Å². The number of amides is 1. The Morgan fingerprint density at radius 1 is 1.15 bits per heavy atom. The Morgan fingerprint density at radius 2 is 1.92 bits per heavy atom. The van der Waals surface area contributed by atoms with E-state index in [1.54, 1.807) is 43.1 Å². The molecular formula is C27H24ClN5O4S2. The predicted molar refractivity (Wildman–Crippen MR) is 154 cm³/mol. The van der Waals surface area contributed by atoms with Crippen LogP contribution in [-0.4, -0.2) is 36.4 Å². The highest BCUT2D eigenvalue weighted by molar-refractivity contribution is 8.00. The Balaban J connectivity index is 1.55. The molecular weight excluding hydrogens is 558 g/mol. The Kier molecular flexibility index (Phi) is 6.52. The summed E-state index contributed by atoms with van der Waals surface area (Å²) in [6.07, 6.45) is 0. The number of halogens is 1. The minimum Gasteiger partial charge on any atom is -0.448 e. The number of fused-ring (bicyclic) bond motifs is 3. The van der Waals surface area contributed by atoms with Crippen LogP contribution in [0.15, 0.2) is 61.9 Å². The second-order valence-corrected chi connectivity index (χ2v) is 12.1. The zero-order valence-electron chi connectivity index (χ0n) is 21.3. The number of carbonyl (C=O) groups excluding carboxylic acids is 1. The van der Waals surface area contributed by atoms with Crippen LogP contribution in [0, 0.1) is 6.92 Å². The number of thiazole rings is 1. The Hall–Kier alpha value is -3.54. The van der Waals surface area contributed by atoms with Crippen molar-refractivity contribution in [1.29, 1.82) is 0 Å². The highest BCUT2D eigenvalue weighted by atomic mass is 35.5. The van der Waals surface area contributed by atoms with Crippen LogP contribution in [0.1, 0.15) is 32.8 Å². The number of carbonyl (C=O) groups is 1. The summed E-state index contributed by atoms with van der Waals surface area (Å²) >= 11 is 9.23. The number of aryl methyl sites for hydroxylation is 2. The van der Waals surface area contributed by atoms with Gasteiger partial charge in [0.1, 0.15) is 16.0 Å². The molecule has 2 unspecified atom stereocenters. The fraction of sp³-hybridized carbons (Fsp3) is 0.259. The number of hydrogen-bond acceptors (Lipinski definition) is 7. The van der Waals surface area contributed by atoms with Gasteiger partial charge in [0.15, 0.2) is 5.22 Å². The monoisotopic (exact) mass is 581 g/mol. The van der Waals surface area contributed by atoms with Gasteiger partial charge in [0.25, 0.3) is 11.5 Å².